The van der Waals surface area contributed by atoms with E-state index in [0.29, 0.717) is 0 Å². The third-order valence-electron chi connectivity index (χ3n) is 1.63. The number of hydrogen-bond donors (Lipinski definition) is 0. The highest BCUT2D eigenvalue weighted by atomic mass is 79.9. The van der Waals surface area contributed by atoms with Crippen LogP contribution in [0.1, 0.15) is 11.4 Å². The molecule has 0 aliphatic carbocycles. The maximum Gasteiger partial charge on any atom is 0.170 e. The van der Waals surface area contributed by atoms with E-state index < -0.39 is 0 Å². The molecule has 6 heteroatoms. The quantitative estimate of drug-likeness (QED) is 0.816. The third-order valence-corrected chi connectivity index (χ3v) is 4.06. The van der Waals surface area contributed by atoms with Gasteiger partial charge in [-0.25, -0.2) is 4.98 Å². The maximum atomic E-state index is 4.29. The predicted octanol–water partition coefficient (Wildman–Crippen LogP) is 3.30. The normalized spacial score (nSPS) is 10.5. The molecule has 0 saturated heterocycles. The number of nitrogens with zero attached hydrogens (tertiary/aromatic N) is 3. The number of hydrogen-bond acceptors (Lipinski definition) is 5. The molecule has 0 radical (unpaired) electrons. The largest absolute Gasteiger partial charge is 0.263 e. The second-order valence-electron chi connectivity index (χ2n) is 2.91. The van der Waals surface area contributed by atoms with E-state index >= 15 is 0 Å². The Hall–Kier alpha value is -0.460. The Balaban J connectivity index is 1.99. The average molecular weight is 302 g/mol. The highest BCUT2D eigenvalue weighted by Gasteiger charge is 2.02. The molecule has 3 nitrogen and oxygen atoms in total. The highest BCUT2D eigenvalue weighted by Crippen LogP contribution is 2.24. The minimum atomic E-state index is 0.842. The smallest absolute Gasteiger partial charge is 0.170 e. The minimum Gasteiger partial charge on any atom is -0.263 e. The number of pyridine rings is 1. The molecule has 2 heterocycles. The van der Waals surface area contributed by atoms with E-state index in [1.54, 1.807) is 18.0 Å². The van der Waals surface area contributed by atoms with Crippen LogP contribution < -0.4 is 0 Å². The van der Waals surface area contributed by atoms with Gasteiger partial charge in [0.25, 0.3) is 0 Å². The van der Waals surface area contributed by atoms with Gasteiger partial charge in [-0.2, -0.15) is 4.37 Å². The molecule has 0 spiro atoms. The minimum absolute atomic E-state index is 0.842. The fraction of sp³-hybridized carbons (Fsp3) is 0.222. The van der Waals surface area contributed by atoms with Crippen molar-refractivity contribution >= 4 is 39.2 Å². The summed E-state index contributed by atoms with van der Waals surface area (Å²) in [6.07, 6.45) is 3.65. The van der Waals surface area contributed by atoms with Gasteiger partial charge in [0.15, 0.2) is 4.34 Å². The van der Waals surface area contributed by atoms with Gasteiger partial charge < -0.3 is 0 Å². The Morgan fingerprint density at radius 2 is 2.33 bits per heavy atom. The van der Waals surface area contributed by atoms with Gasteiger partial charge in [-0.05, 0) is 46.0 Å². The Labute approximate surface area is 105 Å². The molecule has 0 aliphatic rings. The average Bonchev–Trinajstić information content (AvgIpc) is 2.62. The van der Waals surface area contributed by atoms with Crippen LogP contribution in [-0.2, 0) is 5.75 Å². The molecular formula is C9H8BrN3S2. The van der Waals surface area contributed by atoms with Crippen molar-refractivity contribution in [3.63, 3.8) is 0 Å². The summed E-state index contributed by atoms with van der Waals surface area (Å²) in [7, 11) is 0. The van der Waals surface area contributed by atoms with Crippen molar-refractivity contribution in [3.05, 3.63) is 34.3 Å². The van der Waals surface area contributed by atoms with Gasteiger partial charge in [-0.15, -0.1) is 0 Å². The standard InChI is InChI=1S/C9H8BrN3S2/c1-6-12-9(15-13-6)14-5-7-2-8(10)4-11-3-7/h2-4H,5H2,1H3. The molecule has 0 atom stereocenters. The predicted molar refractivity (Wildman–Crippen MR) is 66.1 cm³/mol. The van der Waals surface area contributed by atoms with Gasteiger partial charge in [0.05, 0.1) is 0 Å². The van der Waals surface area contributed by atoms with Crippen LogP contribution in [0.15, 0.2) is 27.3 Å². The van der Waals surface area contributed by atoms with Gasteiger partial charge >= 0.3 is 0 Å². The molecule has 0 amide bonds. The van der Waals surface area contributed by atoms with E-state index in [2.05, 4.69) is 36.3 Å². The van der Waals surface area contributed by atoms with Crippen molar-refractivity contribution in [2.75, 3.05) is 0 Å². The zero-order valence-corrected chi connectivity index (χ0v) is 11.2. The lowest BCUT2D eigenvalue weighted by molar-refractivity contribution is 1.10. The highest BCUT2D eigenvalue weighted by molar-refractivity contribution is 9.10. The molecule has 0 N–H and O–H groups in total. The lowest BCUT2D eigenvalue weighted by Crippen LogP contribution is -1.82. The van der Waals surface area contributed by atoms with Crippen LogP contribution in [0.4, 0.5) is 0 Å². The number of aromatic nitrogens is 3. The zero-order chi connectivity index (χ0) is 10.7. The third kappa shape index (κ3) is 3.25. The van der Waals surface area contributed by atoms with Crippen molar-refractivity contribution in [1.82, 2.24) is 14.3 Å². The Morgan fingerprint density at radius 3 is 3.00 bits per heavy atom. The first-order valence-corrected chi connectivity index (χ1v) is 6.82. The van der Waals surface area contributed by atoms with Crippen molar-refractivity contribution < 1.29 is 0 Å². The van der Waals surface area contributed by atoms with Crippen LogP contribution >= 0.6 is 39.2 Å². The molecule has 2 aromatic heterocycles. The first kappa shape index (κ1) is 11.0. The molecule has 0 fully saturated rings. The van der Waals surface area contributed by atoms with Gasteiger partial charge in [0.2, 0.25) is 0 Å². The number of thioether (sulfide) groups is 1. The van der Waals surface area contributed by atoms with Crippen LogP contribution in [0.5, 0.6) is 0 Å². The Morgan fingerprint density at radius 1 is 1.47 bits per heavy atom. The van der Waals surface area contributed by atoms with Gasteiger partial charge in [-0.3, -0.25) is 4.98 Å². The summed E-state index contributed by atoms with van der Waals surface area (Å²) in [6, 6.07) is 2.06. The lowest BCUT2D eigenvalue weighted by atomic mass is 10.3. The van der Waals surface area contributed by atoms with Crippen LogP contribution in [0.3, 0.4) is 0 Å². The molecule has 0 unspecified atom stereocenters. The van der Waals surface area contributed by atoms with E-state index in [1.165, 1.54) is 17.1 Å². The summed E-state index contributed by atoms with van der Waals surface area (Å²) >= 11 is 6.53. The number of rotatable bonds is 3. The van der Waals surface area contributed by atoms with Crippen molar-refractivity contribution in [2.45, 2.75) is 17.0 Å². The first-order chi connectivity index (χ1) is 7.24. The number of halogens is 1. The molecule has 2 rings (SSSR count). The monoisotopic (exact) mass is 301 g/mol. The molecule has 15 heavy (non-hydrogen) atoms. The zero-order valence-electron chi connectivity index (χ0n) is 7.98. The first-order valence-electron chi connectivity index (χ1n) is 4.26. The molecule has 0 saturated carbocycles. The van der Waals surface area contributed by atoms with Crippen LogP contribution in [0.25, 0.3) is 0 Å². The van der Waals surface area contributed by atoms with E-state index in [9.17, 15) is 0 Å². The van der Waals surface area contributed by atoms with Gasteiger partial charge in [0, 0.05) is 22.6 Å². The van der Waals surface area contributed by atoms with Crippen LogP contribution in [0.2, 0.25) is 0 Å². The molecule has 2 aromatic rings. The molecular weight excluding hydrogens is 294 g/mol. The summed E-state index contributed by atoms with van der Waals surface area (Å²) in [4.78, 5) is 8.40. The summed E-state index contributed by atoms with van der Waals surface area (Å²) in [5.74, 6) is 1.72. The van der Waals surface area contributed by atoms with Crippen molar-refractivity contribution in [2.24, 2.45) is 0 Å². The molecule has 0 bridgehead atoms. The van der Waals surface area contributed by atoms with Crippen LogP contribution in [0, 0.1) is 6.92 Å². The summed E-state index contributed by atoms with van der Waals surface area (Å²) in [6.45, 7) is 1.90. The summed E-state index contributed by atoms with van der Waals surface area (Å²) in [5, 5.41) is 0. The van der Waals surface area contributed by atoms with Crippen molar-refractivity contribution in [3.8, 4) is 0 Å². The second kappa shape index (κ2) is 5.05. The Kier molecular flexibility index (Phi) is 3.71. The van der Waals surface area contributed by atoms with E-state index in [0.717, 1.165) is 20.4 Å². The topological polar surface area (TPSA) is 38.7 Å². The number of aryl methyl sites for hydroxylation is 1. The fourth-order valence-corrected chi connectivity index (χ4v) is 3.00. The van der Waals surface area contributed by atoms with Gasteiger partial charge in [0.1, 0.15) is 5.82 Å². The van der Waals surface area contributed by atoms with Crippen molar-refractivity contribution in [1.29, 1.82) is 0 Å². The van der Waals surface area contributed by atoms with E-state index in [4.69, 9.17) is 0 Å². The summed E-state index contributed by atoms with van der Waals surface area (Å²) in [5.41, 5.74) is 1.18. The van der Waals surface area contributed by atoms with E-state index in [1.807, 2.05) is 13.1 Å². The molecule has 0 aliphatic heterocycles. The summed E-state index contributed by atoms with van der Waals surface area (Å²) < 4.78 is 6.15. The maximum absolute atomic E-state index is 4.29. The van der Waals surface area contributed by atoms with E-state index in [-0.39, 0.29) is 0 Å². The second-order valence-corrected chi connectivity index (χ2v) is 5.80. The lowest BCUT2D eigenvalue weighted by Gasteiger charge is -1.98. The SMILES string of the molecule is Cc1nsc(SCc2cncc(Br)c2)n1. The molecule has 0 aromatic carbocycles. The molecule has 78 valence electrons. The van der Waals surface area contributed by atoms with Crippen LogP contribution in [-0.4, -0.2) is 14.3 Å². The van der Waals surface area contributed by atoms with Gasteiger partial charge in [-0.1, -0.05) is 11.8 Å². The fourth-order valence-electron chi connectivity index (χ4n) is 1.02. The Bertz CT molecular complexity index is 458.